The van der Waals surface area contributed by atoms with E-state index in [9.17, 15) is 13.6 Å². The van der Waals surface area contributed by atoms with Crippen molar-refractivity contribution in [2.75, 3.05) is 0 Å². The first-order valence-corrected chi connectivity index (χ1v) is 3.73. The van der Waals surface area contributed by atoms with Gasteiger partial charge in [-0.2, -0.15) is 8.78 Å². The maximum Gasteiger partial charge on any atom is 0.388 e. The van der Waals surface area contributed by atoms with Gasteiger partial charge in [-0.3, -0.25) is 0 Å². The van der Waals surface area contributed by atoms with Crippen LogP contribution in [0.4, 0.5) is 8.78 Å². The minimum atomic E-state index is -3.09. The Balaban J connectivity index is 3.02. The maximum atomic E-state index is 11.8. The summed E-state index contributed by atoms with van der Waals surface area (Å²) in [4.78, 5) is 13.7. The van der Waals surface area contributed by atoms with Crippen LogP contribution in [0.2, 0.25) is 5.02 Å². The van der Waals surface area contributed by atoms with Gasteiger partial charge >= 0.3 is 12.6 Å². The van der Waals surface area contributed by atoms with Gasteiger partial charge in [-0.05, 0) is 12.1 Å². The van der Waals surface area contributed by atoms with Gasteiger partial charge in [-0.1, -0.05) is 11.6 Å². The van der Waals surface area contributed by atoms with Gasteiger partial charge in [-0.25, -0.2) is 9.78 Å². The molecule has 4 nitrogen and oxygen atoms in total. The predicted octanol–water partition coefficient (Wildman–Crippen LogP) is 2.03. The highest BCUT2D eigenvalue weighted by molar-refractivity contribution is 6.31. The molecule has 0 aliphatic rings. The highest BCUT2D eigenvalue weighted by Crippen LogP contribution is 2.23. The smallest absolute Gasteiger partial charge is 0.388 e. The molecule has 0 atom stereocenters. The van der Waals surface area contributed by atoms with Crippen molar-refractivity contribution in [3.8, 4) is 5.88 Å². The molecule has 0 saturated heterocycles. The molecular formula is C7H4ClF2NO3. The van der Waals surface area contributed by atoms with Crippen LogP contribution in [0.15, 0.2) is 12.1 Å². The van der Waals surface area contributed by atoms with Gasteiger partial charge < -0.3 is 9.84 Å². The molecule has 0 unspecified atom stereocenters. The first-order valence-electron chi connectivity index (χ1n) is 3.35. The van der Waals surface area contributed by atoms with Crippen LogP contribution in [0.25, 0.3) is 0 Å². The average molecular weight is 224 g/mol. The van der Waals surface area contributed by atoms with Crippen LogP contribution in [0.5, 0.6) is 5.88 Å². The molecule has 1 heterocycles. The highest BCUT2D eigenvalue weighted by atomic mass is 35.5. The van der Waals surface area contributed by atoms with Crippen LogP contribution in [-0.2, 0) is 0 Å². The fourth-order valence-electron chi connectivity index (χ4n) is 0.710. The number of pyridine rings is 1. The Kier molecular flexibility index (Phi) is 3.19. The molecule has 0 spiro atoms. The van der Waals surface area contributed by atoms with Crippen LogP contribution in [-0.4, -0.2) is 22.7 Å². The fraction of sp³-hybridized carbons (Fsp3) is 0.143. The highest BCUT2D eigenvalue weighted by Gasteiger charge is 2.13. The number of aromatic nitrogens is 1. The standard InChI is InChI=1S/C7H4ClF2NO3/c8-3-1-2-4(6(12)13)11-5(3)14-7(9)10/h1-2,7H,(H,12,13). The number of aromatic carboxylic acids is 1. The first-order chi connectivity index (χ1) is 6.50. The second kappa shape index (κ2) is 4.19. The molecule has 0 aliphatic heterocycles. The van der Waals surface area contributed by atoms with Crippen LogP contribution in [0, 0.1) is 0 Å². The van der Waals surface area contributed by atoms with Crippen molar-refractivity contribution >= 4 is 17.6 Å². The third-order valence-electron chi connectivity index (χ3n) is 1.23. The molecule has 1 aromatic rings. The molecule has 7 heteroatoms. The zero-order valence-corrected chi connectivity index (χ0v) is 7.33. The molecule has 1 rings (SSSR count). The number of ether oxygens (including phenoxy) is 1. The minimum absolute atomic E-state index is 0.171. The molecule has 0 amide bonds. The van der Waals surface area contributed by atoms with Crippen LogP contribution < -0.4 is 4.74 Å². The second-order valence-electron chi connectivity index (χ2n) is 2.17. The number of alkyl halides is 2. The number of hydrogen-bond acceptors (Lipinski definition) is 3. The topological polar surface area (TPSA) is 59.4 Å². The Morgan fingerprint density at radius 2 is 2.21 bits per heavy atom. The van der Waals surface area contributed by atoms with E-state index in [4.69, 9.17) is 16.7 Å². The molecular weight excluding hydrogens is 220 g/mol. The maximum absolute atomic E-state index is 11.8. The van der Waals surface area contributed by atoms with Crippen molar-refractivity contribution in [2.24, 2.45) is 0 Å². The fourth-order valence-corrected chi connectivity index (χ4v) is 0.859. The summed E-state index contributed by atoms with van der Waals surface area (Å²) >= 11 is 5.43. The average Bonchev–Trinajstić information content (AvgIpc) is 2.07. The Morgan fingerprint density at radius 1 is 1.57 bits per heavy atom. The third kappa shape index (κ3) is 2.53. The van der Waals surface area contributed by atoms with Crippen molar-refractivity contribution in [3.63, 3.8) is 0 Å². The van der Waals surface area contributed by atoms with Crippen LogP contribution in [0.3, 0.4) is 0 Å². The monoisotopic (exact) mass is 223 g/mol. The van der Waals surface area contributed by atoms with E-state index in [-0.39, 0.29) is 5.02 Å². The Morgan fingerprint density at radius 3 is 2.71 bits per heavy atom. The third-order valence-corrected chi connectivity index (χ3v) is 1.52. The molecule has 76 valence electrons. The van der Waals surface area contributed by atoms with Crippen LogP contribution >= 0.6 is 11.6 Å². The number of halogens is 3. The zero-order chi connectivity index (χ0) is 10.7. The zero-order valence-electron chi connectivity index (χ0n) is 6.58. The van der Waals surface area contributed by atoms with E-state index in [1.807, 2.05) is 0 Å². The predicted molar refractivity (Wildman–Crippen MR) is 42.8 cm³/mol. The number of nitrogens with zero attached hydrogens (tertiary/aromatic N) is 1. The Labute approximate surface area is 82.1 Å². The second-order valence-corrected chi connectivity index (χ2v) is 2.57. The summed E-state index contributed by atoms with van der Waals surface area (Å²) in [5.74, 6) is -1.94. The molecule has 1 aromatic heterocycles. The number of carboxylic acids is 1. The van der Waals surface area contributed by atoms with E-state index in [0.717, 1.165) is 12.1 Å². The Hall–Kier alpha value is -1.43. The van der Waals surface area contributed by atoms with Gasteiger partial charge in [0.1, 0.15) is 5.02 Å². The quantitative estimate of drug-likeness (QED) is 0.852. The van der Waals surface area contributed by atoms with E-state index in [2.05, 4.69) is 9.72 Å². The number of rotatable bonds is 3. The summed E-state index contributed by atoms with van der Waals surface area (Å²) in [6.45, 7) is -3.09. The summed E-state index contributed by atoms with van der Waals surface area (Å²) in [7, 11) is 0. The van der Waals surface area contributed by atoms with Gasteiger partial charge in [0.05, 0.1) is 0 Å². The largest absolute Gasteiger partial charge is 0.477 e. The van der Waals surface area contributed by atoms with Gasteiger partial charge in [0.15, 0.2) is 5.69 Å². The number of carboxylic acid groups (broad SMARTS) is 1. The van der Waals surface area contributed by atoms with E-state index < -0.39 is 24.2 Å². The van der Waals surface area contributed by atoms with Gasteiger partial charge in [0.25, 0.3) is 0 Å². The van der Waals surface area contributed by atoms with Crippen molar-refractivity contribution in [2.45, 2.75) is 6.61 Å². The van der Waals surface area contributed by atoms with Crippen molar-refractivity contribution in [3.05, 3.63) is 22.8 Å². The van der Waals surface area contributed by atoms with E-state index in [0.29, 0.717) is 0 Å². The SMILES string of the molecule is O=C(O)c1ccc(Cl)c(OC(F)F)n1. The lowest BCUT2D eigenvalue weighted by molar-refractivity contribution is -0.0529. The van der Waals surface area contributed by atoms with Crippen LogP contribution in [0.1, 0.15) is 10.5 Å². The molecule has 0 bridgehead atoms. The van der Waals surface area contributed by atoms with Gasteiger partial charge in [0, 0.05) is 0 Å². The minimum Gasteiger partial charge on any atom is -0.477 e. The summed E-state index contributed by atoms with van der Waals surface area (Å²) in [5.41, 5.74) is -0.412. The van der Waals surface area contributed by atoms with Crippen molar-refractivity contribution in [1.82, 2.24) is 4.98 Å². The van der Waals surface area contributed by atoms with Gasteiger partial charge in [0.2, 0.25) is 5.88 Å². The van der Waals surface area contributed by atoms with E-state index in [1.165, 1.54) is 0 Å². The lowest BCUT2D eigenvalue weighted by Gasteiger charge is -2.05. The molecule has 0 aliphatic carbocycles. The van der Waals surface area contributed by atoms with E-state index in [1.54, 1.807) is 0 Å². The van der Waals surface area contributed by atoms with Gasteiger partial charge in [-0.15, -0.1) is 0 Å². The molecule has 0 saturated carbocycles. The summed E-state index contributed by atoms with van der Waals surface area (Å²) in [6.07, 6.45) is 0. The number of carbonyl (C=O) groups is 1. The van der Waals surface area contributed by atoms with Crippen molar-refractivity contribution < 1.29 is 23.4 Å². The number of hydrogen-bond donors (Lipinski definition) is 1. The Bertz CT molecular complexity index is 359. The molecule has 14 heavy (non-hydrogen) atoms. The lowest BCUT2D eigenvalue weighted by Crippen LogP contribution is -2.07. The molecule has 0 fully saturated rings. The summed E-state index contributed by atoms with van der Waals surface area (Å²) in [5, 5.41) is 8.31. The normalized spacial score (nSPS) is 10.3. The first kappa shape index (κ1) is 10.6. The molecule has 1 N–H and O–H groups in total. The van der Waals surface area contributed by atoms with E-state index >= 15 is 0 Å². The lowest BCUT2D eigenvalue weighted by atomic mass is 10.3. The molecule has 0 radical (unpaired) electrons. The summed E-state index contributed by atoms with van der Waals surface area (Å²) in [6, 6.07) is 2.21. The molecule has 0 aromatic carbocycles. The van der Waals surface area contributed by atoms with Crippen molar-refractivity contribution in [1.29, 1.82) is 0 Å². The summed E-state index contributed by atoms with van der Waals surface area (Å²) < 4.78 is 27.4.